The summed E-state index contributed by atoms with van der Waals surface area (Å²) in [6, 6.07) is 19.3. The molecule has 1 N–H and O–H groups in total. The molecule has 11 heteroatoms. The lowest BCUT2D eigenvalue weighted by Gasteiger charge is -2.12. The fourth-order valence-corrected chi connectivity index (χ4v) is 4.13. The summed E-state index contributed by atoms with van der Waals surface area (Å²) >= 11 is 1.11. The van der Waals surface area contributed by atoms with Crippen molar-refractivity contribution in [2.45, 2.75) is 24.9 Å². The first-order valence-corrected chi connectivity index (χ1v) is 12.1. The first kappa shape index (κ1) is 26.1. The summed E-state index contributed by atoms with van der Waals surface area (Å²) in [5.74, 6) is 1.28. The minimum atomic E-state index is -4.50. The number of hydrogen-bond acceptors (Lipinski definition) is 6. The topological polar surface area (TPSA) is 78.3 Å². The zero-order chi connectivity index (χ0) is 26.4. The predicted molar refractivity (Wildman–Crippen MR) is 134 cm³/mol. The number of carbonyl (C=O) groups excluding carboxylic acids is 1. The molecule has 1 aromatic heterocycles. The SMILES string of the molecule is COc1ccc(OCc2nnc(SCC(=O)Nc3cccc(C(F)(F)F)c3)n2-c2ccc(C)cc2)cc1. The van der Waals surface area contributed by atoms with Crippen molar-refractivity contribution < 1.29 is 27.4 Å². The van der Waals surface area contributed by atoms with Crippen LogP contribution in [0.5, 0.6) is 11.5 Å². The summed E-state index contributed by atoms with van der Waals surface area (Å²) in [5.41, 5.74) is 1.08. The molecule has 1 heterocycles. The Morgan fingerprint density at radius 2 is 1.70 bits per heavy atom. The van der Waals surface area contributed by atoms with Crippen molar-refractivity contribution in [2.24, 2.45) is 0 Å². The van der Waals surface area contributed by atoms with E-state index in [2.05, 4.69) is 15.5 Å². The van der Waals surface area contributed by atoms with Crippen molar-refractivity contribution in [3.8, 4) is 17.2 Å². The van der Waals surface area contributed by atoms with Gasteiger partial charge in [-0.2, -0.15) is 13.2 Å². The van der Waals surface area contributed by atoms with Crippen molar-refractivity contribution in [1.29, 1.82) is 0 Å². The first-order chi connectivity index (χ1) is 17.7. The van der Waals surface area contributed by atoms with E-state index in [0.717, 1.165) is 35.1 Å². The highest BCUT2D eigenvalue weighted by atomic mass is 32.2. The molecule has 0 aliphatic heterocycles. The minimum absolute atomic E-state index is 0.0639. The van der Waals surface area contributed by atoms with Gasteiger partial charge in [0.25, 0.3) is 0 Å². The summed E-state index contributed by atoms with van der Waals surface area (Å²) in [6.07, 6.45) is -4.50. The number of benzene rings is 3. The highest BCUT2D eigenvalue weighted by Crippen LogP contribution is 2.31. The number of ether oxygens (including phenoxy) is 2. The maximum absolute atomic E-state index is 13.0. The van der Waals surface area contributed by atoms with Crippen LogP contribution in [0.3, 0.4) is 0 Å². The summed E-state index contributed by atoms with van der Waals surface area (Å²) in [6.45, 7) is 2.08. The zero-order valence-electron chi connectivity index (χ0n) is 20.0. The fraction of sp³-hybridized carbons (Fsp3) is 0.192. The van der Waals surface area contributed by atoms with E-state index in [-0.39, 0.29) is 18.0 Å². The molecular weight excluding hydrogens is 505 g/mol. The van der Waals surface area contributed by atoms with Gasteiger partial charge in [0.15, 0.2) is 11.0 Å². The van der Waals surface area contributed by atoms with Crippen LogP contribution < -0.4 is 14.8 Å². The number of hydrogen-bond donors (Lipinski definition) is 1. The summed E-state index contributed by atoms with van der Waals surface area (Å²) in [4.78, 5) is 12.5. The number of amides is 1. The van der Waals surface area contributed by atoms with Crippen LogP contribution in [-0.4, -0.2) is 33.5 Å². The normalized spacial score (nSPS) is 11.3. The standard InChI is InChI=1S/C26H23F3N4O3S/c1-17-6-8-20(9-7-17)33-23(15-36-22-12-10-21(35-2)11-13-22)31-32-25(33)37-16-24(34)30-19-5-3-4-18(14-19)26(27,28)29/h3-14H,15-16H2,1-2H3,(H,30,34). The predicted octanol–water partition coefficient (Wildman–Crippen LogP) is 5.91. The third kappa shape index (κ3) is 6.82. The Bertz CT molecular complexity index is 1360. The van der Waals surface area contributed by atoms with Gasteiger partial charge in [0.1, 0.15) is 18.1 Å². The number of halogens is 3. The molecule has 0 unspecified atom stereocenters. The molecule has 0 radical (unpaired) electrons. The van der Waals surface area contributed by atoms with Crippen LogP contribution in [-0.2, 0) is 17.6 Å². The Balaban J connectivity index is 1.48. The Labute approximate surface area is 215 Å². The Kier molecular flexibility index (Phi) is 8.02. The number of methoxy groups -OCH3 is 1. The van der Waals surface area contributed by atoms with E-state index in [1.807, 2.05) is 31.2 Å². The molecule has 3 aromatic carbocycles. The van der Waals surface area contributed by atoms with Gasteiger partial charge in [-0.25, -0.2) is 0 Å². The number of aromatic nitrogens is 3. The van der Waals surface area contributed by atoms with Crippen LogP contribution >= 0.6 is 11.8 Å². The molecule has 0 spiro atoms. The highest BCUT2D eigenvalue weighted by Gasteiger charge is 2.30. The van der Waals surface area contributed by atoms with E-state index < -0.39 is 17.6 Å². The summed E-state index contributed by atoms with van der Waals surface area (Å²) in [5, 5.41) is 11.4. The van der Waals surface area contributed by atoms with Gasteiger partial charge in [-0.3, -0.25) is 9.36 Å². The van der Waals surface area contributed by atoms with Crippen LogP contribution in [0, 0.1) is 6.92 Å². The molecule has 7 nitrogen and oxygen atoms in total. The molecule has 0 atom stereocenters. The first-order valence-electron chi connectivity index (χ1n) is 11.1. The van der Waals surface area contributed by atoms with Crippen molar-refractivity contribution in [3.05, 3.63) is 89.7 Å². The molecule has 1 amide bonds. The van der Waals surface area contributed by atoms with E-state index in [1.165, 1.54) is 12.1 Å². The van der Waals surface area contributed by atoms with Gasteiger partial charge < -0.3 is 14.8 Å². The zero-order valence-corrected chi connectivity index (χ0v) is 20.8. The smallest absolute Gasteiger partial charge is 0.416 e. The maximum Gasteiger partial charge on any atom is 0.416 e. The second-order valence-electron chi connectivity index (χ2n) is 7.95. The molecule has 4 aromatic rings. The van der Waals surface area contributed by atoms with Crippen LogP contribution in [0.25, 0.3) is 5.69 Å². The highest BCUT2D eigenvalue weighted by molar-refractivity contribution is 7.99. The molecule has 0 fully saturated rings. The van der Waals surface area contributed by atoms with Crippen molar-refractivity contribution in [2.75, 3.05) is 18.2 Å². The van der Waals surface area contributed by atoms with Crippen LogP contribution in [0.2, 0.25) is 0 Å². The lowest BCUT2D eigenvalue weighted by Crippen LogP contribution is -2.15. The number of alkyl halides is 3. The Hall–Kier alpha value is -3.99. The molecule has 0 saturated carbocycles. The molecule has 4 rings (SSSR count). The van der Waals surface area contributed by atoms with Crippen molar-refractivity contribution >= 4 is 23.4 Å². The quantitative estimate of drug-likeness (QED) is 0.272. The average molecular weight is 529 g/mol. The van der Waals surface area contributed by atoms with E-state index in [1.54, 1.807) is 35.9 Å². The van der Waals surface area contributed by atoms with E-state index >= 15 is 0 Å². The minimum Gasteiger partial charge on any atom is -0.497 e. The monoisotopic (exact) mass is 528 g/mol. The van der Waals surface area contributed by atoms with Gasteiger partial charge in [-0.15, -0.1) is 10.2 Å². The third-order valence-corrected chi connectivity index (χ3v) is 6.15. The van der Waals surface area contributed by atoms with E-state index in [9.17, 15) is 18.0 Å². The molecule has 37 heavy (non-hydrogen) atoms. The van der Waals surface area contributed by atoms with E-state index in [4.69, 9.17) is 9.47 Å². The average Bonchev–Trinajstić information content (AvgIpc) is 3.29. The van der Waals surface area contributed by atoms with Gasteiger partial charge in [0, 0.05) is 11.4 Å². The van der Waals surface area contributed by atoms with Crippen LogP contribution in [0.4, 0.5) is 18.9 Å². The number of thioether (sulfide) groups is 1. The number of anilines is 1. The number of nitrogens with one attached hydrogen (secondary N) is 1. The summed E-state index contributed by atoms with van der Waals surface area (Å²) < 4.78 is 51.7. The number of aryl methyl sites for hydroxylation is 1. The maximum atomic E-state index is 13.0. The molecule has 0 bridgehead atoms. The van der Waals surface area contributed by atoms with Gasteiger partial charge >= 0.3 is 6.18 Å². The van der Waals surface area contributed by atoms with Crippen molar-refractivity contribution in [3.63, 3.8) is 0 Å². The van der Waals surface area contributed by atoms with Crippen LogP contribution in [0.15, 0.2) is 78.0 Å². The molecule has 0 aliphatic rings. The third-order valence-electron chi connectivity index (χ3n) is 5.23. The lowest BCUT2D eigenvalue weighted by atomic mass is 10.2. The summed E-state index contributed by atoms with van der Waals surface area (Å²) in [7, 11) is 1.58. The second-order valence-corrected chi connectivity index (χ2v) is 8.89. The number of carbonyl (C=O) groups is 1. The van der Waals surface area contributed by atoms with Gasteiger partial charge in [-0.1, -0.05) is 35.5 Å². The number of nitrogens with zero attached hydrogens (tertiary/aromatic N) is 3. The molecule has 0 aliphatic carbocycles. The largest absolute Gasteiger partial charge is 0.497 e. The lowest BCUT2D eigenvalue weighted by molar-refractivity contribution is -0.137. The second kappa shape index (κ2) is 11.4. The molecular formula is C26H23F3N4O3S. The van der Waals surface area contributed by atoms with Crippen molar-refractivity contribution in [1.82, 2.24) is 14.8 Å². The van der Waals surface area contributed by atoms with E-state index in [0.29, 0.717) is 22.5 Å². The molecule has 192 valence electrons. The Morgan fingerprint density at radius 1 is 1.00 bits per heavy atom. The van der Waals surface area contributed by atoms with Gasteiger partial charge in [-0.05, 0) is 61.5 Å². The molecule has 0 saturated heterocycles. The fourth-order valence-electron chi connectivity index (χ4n) is 3.36. The number of rotatable bonds is 9. The Morgan fingerprint density at radius 3 is 2.38 bits per heavy atom. The van der Waals surface area contributed by atoms with Gasteiger partial charge in [0.2, 0.25) is 5.91 Å². The van der Waals surface area contributed by atoms with Gasteiger partial charge in [0.05, 0.1) is 18.4 Å². The van der Waals surface area contributed by atoms with Crippen LogP contribution in [0.1, 0.15) is 17.0 Å².